The Morgan fingerprint density at radius 2 is 2.06 bits per heavy atom. The van der Waals surface area contributed by atoms with Gasteiger partial charge >= 0.3 is 0 Å². The van der Waals surface area contributed by atoms with Crippen LogP contribution in [0.5, 0.6) is 0 Å². The van der Waals surface area contributed by atoms with Crippen molar-refractivity contribution in [2.75, 3.05) is 5.73 Å². The average molecular weight is 256 g/mol. The number of thiophene rings is 1. The van der Waals surface area contributed by atoms with Crippen LogP contribution >= 0.6 is 11.3 Å². The second kappa shape index (κ2) is 4.03. The summed E-state index contributed by atoms with van der Waals surface area (Å²) >= 11 is 1.63. The highest BCUT2D eigenvalue weighted by Gasteiger charge is 2.11. The number of nitrogen functional groups attached to an aromatic ring is 1. The van der Waals surface area contributed by atoms with Gasteiger partial charge in [-0.15, -0.1) is 11.3 Å². The fourth-order valence-corrected chi connectivity index (χ4v) is 2.77. The Kier molecular flexibility index (Phi) is 2.48. The first kappa shape index (κ1) is 11.1. The van der Waals surface area contributed by atoms with Crippen LogP contribution in [0.15, 0.2) is 24.5 Å². The van der Waals surface area contributed by atoms with Crippen LogP contribution in [0.4, 0.5) is 5.82 Å². The van der Waals surface area contributed by atoms with Gasteiger partial charge in [0.05, 0.1) is 5.39 Å². The van der Waals surface area contributed by atoms with E-state index >= 15 is 0 Å². The van der Waals surface area contributed by atoms with Gasteiger partial charge in [-0.3, -0.25) is 4.98 Å². The maximum atomic E-state index is 5.99. The van der Waals surface area contributed by atoms with Crippen molar-refractivity contribution in [3.63, 3.8) is 0 Å². The molecule has 3 aromatic rings. The van der Waals surface area contributed by atoms with E-state index < -0.39 is 0 Å². The molecule has 0 amide bonds. The summed E-state index contributed by atoms with van der Waals surface area (Å²) in [4.78, 5) is 15.2. The molecule has 2 N–H and O–H groups in total. The predicted molar refractivity (Wildman–Crippen MR) is 74.5 cm³/mol. The van der Waals surface area contributed by atoms with E-state index in [1.54, 1.807) is 23.7 Å². The molecule has 0 radical (unpaired) electrons. The maximum absolute atomic E-state index is 5.99. The van der Waals surface area contributed by atoms with Crippen molar-refractivity contribution < 1.29 is 0 Å². The van der Waals surface area contributed by atoms with Gasteiger partial charge in [0.15, 0.2) is 5.82 Å². The summed E-state index contributed by atoms with van der Waals surface area (Å²) in [5.41, 5.74) is 8.02. The van der Waals surface area contributed by atoms with E-state index in [-0.39, 0.29) is 0 Å². The van der Waals surface area contributed by atoms with Gasteiger partial charge in [0.1, 0.15) is 10.6 Å². The van der Waals surface area contributed by atoms with Crippen LogP contribution in [0, 0.1) is 13.8 Å². The summed E-state index contributed by atoms with van der Waals surface area (Å²) in [5.74, 6) is 1.18. The zero-order valence-electron chi connectivity index (χ0n) is 10.1. The van der Waals surface area contributed by atoms with Crippen molar-refractivity contribution in [3.05, 3.63) is 35.0 Å². The number of hydrogen-bond acceptors (Lipinski definition) is 5. The summed E-state index contributed by atoms with van der Waals surface area (Å²) in [6, 6.07) is 3.97. The third-order valence-corrected chi connectivity index (χ3v) is 3.77. The molecule has 3 aromatic heterocycles. The largest absolute Gasteiger partial charge is 0.383 e. The summed E-state index contributed by atoms with van der Waals surface area (Å²) in [6.07, 6.45) is 3.53. The topological polar surface area (TPSA) is 64.7 Å². The third kappa shape index (κ3) is 1.73. The number of fused-ring (bicyclic) bond motifs is 1. The SMILES string of the molecule is Cc1cc2c(N)nc(-c3cnccc3C)nc2s1. The first-order valence-corrected chi connectivity index (χ1v) is 6.41. The number of aryl methyl sites for hydroxylation is 2. The van der Waals surface area contributed by atoms with Crippen LogP contribution in [-0.2, 0) is 0 Å². The van der Waals surface area contributed by atoms with E-state index in [9.17, 15) is 0 Å². The van der Waals surface area contributed by atoms with Gasteiger partial charge in [-0.1, -0.05) is 0 Å². The lowest BCUT2D eigenvalue weighted by molar-refractivity contribution is 1.20. The van der Waals surface area contributed by atoms with E-state index in [1.165, 1.54) is 4.88 Å². The van der Waals surface area contributed by atoms with Crippen molar-refractivity contribution in [1.29, 1.82) is 0 Å². The Bertz CT molecular complexity index is 733. The van der Waals surface area contributed by atoms with E-state index in [2.05, 4.69) is 15.0 Å². The molecule has 0 bridgehead atoms. The van der Waals surface area contributed by atoms with Gasteiger partial charge in [-0.2, -0.15) is 0 Å². The van der Waals surface area contributed by atoms with Gasteiger partial charge in [0, 0.05) is 22.8 Å². The molecule has 0 aliphatic rings. The minimum Gasteiger partial charge on any atom is -0.383 e. The molecule has 0 aromatic carbocycles. The molecule has 0 aliphatic carbocycles. The maximum Gasteiger partial charge on any atom is 0.164 e. The van der Waals surface area contributed by atoms with Crippen molar-refractivity contribution in [2.45, 2.75) is 13.8 Å². The van der Waals surface area contributed by atoms with E-state index in [4.69, 9.17) is 5.73 Å². The molecule has 5 heteroatoms. The van der Waals surface area contributed by atoms with E-state index in [1.807, 2.05) is 26.0 Å². The van der Waals surface area contributed by atoms with E-state index in [0.29, 0.717) is 11.6 Å². The molecule has 0 saturated carbocycles. The van der Waals surface area contributed by atoms with Crippen molar-refractivity contribution in [3.8, 4) is 11.4 Å². The predicted octanol–water partition coefficient (Wildman–Crippen LogP) is 2.95. The summed E-state index contributed by atoms with van der Waals surface area (Å²) in [5, 5.41) is 0.933. The summed E-state index contributed by atoms with van der Waals surface area (Å²) in [7, 11) is 0. The average Bonchev–Trinajstić information content (AvgIpc) is 2.71. The van der Waals surface area contributed by atoms with Gasteiger partial charge in [0.2, 0.25) is 0 Å². The normalized spacial score (nSPS) is 11.0. The molecular formula is C13H12N4S. The lowest BCUT2D eigenvalue weighted by Crippen LogP contribution is -1.97. The highest BCUT2D eigenvalue weighted by Crippen LogP contribution is 2.29. The number of aromatic nitrogens is 3. The summed E-state index contributed by atoms with van der Waals surface area (Å²) in [6.45, 7) is 4.06. The zero-order valence-corrected chi connectivity index (χ0v) is 11.0. The Morgan fingerprint density at radius 1 is 1.22 bits per heavy atom. The second-order valence-electron chi connectivity index (χ2n) is 4.20. The molecule has 0 aliphatic heterocycles. The monoisotopic (exact) mass is 256 g/mol. The highest BCUT2D eigenvalue weighted by atomic mass is 32.1. The molecular weight excluding hydrogens is 244 g/mol. The number of anilines is 1. The number of nitrogens with two attached hydrogens (primary N) is 1. The van der Waals surface area contributed by atoms with Crippen molar-refractivity contribution >= 4 is 27.4 Å². The second-order valence-corrected chi connectivity index (χ2v) is 5.43. The minimum atomic E-state index is 0.530. The number of nitrogens with zero attached hydrogens (tertiary/aromatic N) is 3. The highest BCUT2D eigenvalue weighted by molar-refractivity contribution is 7.18. The van der Waals surface area contributed by atoms with Crippen LogP contribution in [0.2, 0.25) is 0 Å². The van der Waals surface area contributed by atoms with Crippen LogP contribution < -0.4 is 5.73 Å². The Morgan fingerprint density at radius 3 is 2.83 bits per heavy atom. The molecule has 4 nitrogen and oxygen atoms in total. The lowest BCUT2D eigenvalue weighted by Gasteiger charge is -2.04. The van der Waals surface area contributed by atoms with Crippen LogP contribution in [0.1, 0.15) is 10.4 Å². The van der Waals surface area contributed by atoms with Gasteiger partial charge in [-0.05, 0) is 31.5 Å². The fraction of sp³-hybridized carbons (Fsp3) is 0.154. The van der Waals surface area contributed by atoms with Crippen LogP contribution in [0.25, 0.3) is 21.6 Å². The number of hydrogen-bond donors (Lipinski definition) is 1. The molecule has 0 saturated heterocycles. The molecule has 0 unspecified atom stereocenters. The van der Waals surface area contributed by atoms with Gasteiger partial charge < -0.3 is 5.73 Å². The molecule has 3 rings (SSSR count). The molecule has 0 spiro atoms. The Balaban J connectivity index is 2.28. The quantitative estimate of drug-likeness (QED) is 0.727. The smallest absolute Gasteiger partial charge is 0.164 e. The van der Waals surface area contributed by atoms with Crippen molar-refractivity contribution in [2.24, 2.45) is 0 Å². The van der Waals surface area contributed by atoms with E-state index in [0.717, 1.165) is 21.3 Å². The molecule has 3 heterocycles. The first-order valence-electron chi connectivity index (χ1n) is 5.60. The Hall–Kier alpha value is -2.01. The first-order chi connectivity index (χ1) is 8.65. The third-order valence-electron chi connectivity index (χ3n) is 2.83. The van der Waals surface area contributed by atoms with Gasteiger partial charge in [-0.25, -0.2) is 9.97 Å². The standard InChI is InChI=1S/C13H12N4S/c1-7-3-4-15-6-10(7)12-16-11(14)9-5-8(2)18-13(9)17-12/h3-6H,1-2H3,(H2,14,16,17). The van der Waals surface area contributed by atoms with Crippen LogP contribution in [0.3, 0.4) is 0 Å². The molecule has 0 atom stereocenters. The number of pyridine rings is 1. The number of rotatable bonds is 1. The molecule has 90 valence electrons. The molecule has 18 heavy (non-hydrogen) atoms. The minimum absolute atomic E-state index is 0.530. The van der Waals surface area contributed by atoms with Crippen LogP contribution in [-0.4, -0.2) is 15.0 Å². The lowest BCUT2D eigenvalue weighted by atomic mass is 10.1. The summed E-state index contributed by atoms with van der Waals surface area (Å²) < 4.78 is 0. The fourth-order valence-electron chi connectivity index (χ4n) is 1.88. The van der Waals surface area contributed by atoms with Crippen molar-refractivity contribution in [1.82, 2.24) is 15.0 Å². The Labute approximate surface area is 109 Å². The molecule has 0 fully saturated rings. The van der Waals surface area contributed by atoms with Gasteiger partial charge in [0.25, 0.3) is 0 Å². The zero-order chi connectivity index (χ0) is 12.7.